The number of aromatic nitrogens is 2. The molecule has 4 aromatic rings. The van der Waals surface area contributed by atoms with Crippen molar-refractivity contribution in [1.82, 2.24) is 14.5 Å². The number of amides is 1. The average molecular weight is 428 g/mol. The molecule has 1 amide bonds. The average Bonchev–Trinajstić information content (AvgIpc) is 3.12. The summed E-state index contributed by atoms with van der Waals surface area (Å²) in [6.45, 7) is 3.91. The van der Waals surface area contributed by atoms with Crippen molar-refractivity contribution in [2.75, 3.05) is 13.1 Å². The molecule has 0 saturated heterocycles. The standard InChI is InChI=1S/C26H25N3O3/c1-18-8-6-7-9-20(18)14-15-28(17-25(30)31)26(32)21-12-13-24-23(16-21)27-19(2)29(24)22-10-4-3-5-11-22/h3-13,16H,14-15,17H2,1-2H3,(H,30,31). The van der Waals surface area contributed by atoms with Gasteiger partial charge in [0, 0.05) is 17.8 Å². The van der Waals surface area contributed by atoms with E-state index in [4.69, 9.17) is 0 Å². The predicted octanol–water partition coefficient (Wildman–Crippen LogP) is 4.41. The van der Waals surface area contributed by atoms with Crippen LogP contribution in [0.3, 0.4) is 0 Å². The summed E-state index contributed by atoms with van der Waals surface area (Å²) in [6.07, 6.45) is 0.593. The first kappa shape index (κ1) is 21.3. The number of carbonyl (C=O) groups excluding carboxylic acids is 1. The lowest BCUT2D eigenvalue weighted by Gasteiger charge is -2.21. The Balaban J connectivity index is 1.62. The van der Waals surface area contributed by atoms with E-state index >= 15 is 0 Å². The molecule has 0 saturated carbocycles. The van der Waals surface area contributed by atoms with Crippen molar-refractivity contribution in [3.8, 4) is 5.69 Å². The van der Waals surface area contributed by atoms with Crippen molar-refractivity contribution in [2.45, 2.75) is 20.3 Å². The van der Waals surface area contributed by atoms with Crippen molar-refractivity contribution >= 4 is 22.9 Å². The van der Waals surface area contributed by atoms with Crippen LogP contribution in [0.25, 0.3) is 16.7 Å². The summed E-state index contributed by atoms with van der Waals surface area (Å²) in [5.74, 6) is -0.527. The summed E-state index contributed by atoms with van der Waals surface area (Å²) in [7, 11) is 0. The van der Waals surface area contributed by atoms with Crippen LogP contribution in [-0.4, -0.2) is 44.5 Å². The van der Waals surface area contributed by atoms with Crippen LogP contribution in [0, 0.1) is 13.8 Å². The zero-order valence-corrected chi connectivity index (χ0v) is 18.2. The van der Waals surface area contributed by atoms with Gasteiger partial charge in [-0.3, -0.25) is 14.2 Å². The molecule has 0 fully saturated rings. The van der Waals surface area contributed by atoms with Crippen molar-refractivity contribution in [1.29, 1.82) is 0 Å². The van der Waals surface area contributed by atoms with Gasteiger partial charge < -0.3 is 10.0 Å². The second-order valence-electron chi connectivity index (χ2n) is 7.83. The summed E-state index contributed by atoms with van der Waals surface area (Å²) >= 11 is 0. The number of benzene rings is 3. The number of carboxylic acids is 1. The molecule has 0 radical (unpaired) electrons. The number of carbonyl (C=O) groups is 2. The van der Waals surface area contributed by atoms with Crippen LogP contribution in [0.1, 0.15) is 27.3 Å². The Bertz CT molecular complexity index is 1280. The molecular formula is C26H25N3O3. The highest BCUT2D eigenvalue weighted by molar-refractivity contribution is 5.98. The molecule has 1 N–H and O–H groups in total. The minimum Gasteiger partial charge on any atom is -0.480 e. The molecule has 0 aliphatic carbocycles. The summed E-state index contributed by atoms with van der Waals surface area (Å²) in [5, 5.41) is 9.36. The van der Waals surface area contributed by atoms with E-state index in [1.165, 1.54) is 4.90 Å². The fraction of sp³-hybridized carbons (Fsp3) is 0.192. The molecule has 162 valence electrons. The van der Waals surface area contributed by atoms with Crippen molar-refractivity contribution in [3.63, 3.8) is 0 Å². The maximum absolute atomic E-state index is 13.2. The number of para-hydroxylation sites is 1. The minimum absolute atomic E-state index is 0.310. The lowest BCUT2D eigenvalue weighted by Crippen LogP contribution is -2.37. The van der Waals surface area contributed by atoms with Crippen LogP contribution in [0.2, 0.25) is 0 Å². The molecule has 0 aliphatic heterocycles. The first-order valence-electron chi connectivity index (χ1n) is 10.5. The molecular weight excluding hydrogens is 402 g/mol. The molecule has 0 bridgehead atoms. The van der Waals surface area contributed by atoms with Crippen molar-refractivity contribution in [2.24, 2.45) is 0 Å². The molecule has 0 spiro atoms. The number of aliphatic carboxylic acids is 1. The topological polar surface area (TPSA) is 75.4 Å². The fourth-order valence-electron chi connectivity index (χ4n) is 3.98. The van der Waals surface area contributed by atoms with E-state index < -0.39 is 5.97 Å². The third kappa shape index (κ3) is 4.39. The first-order valence-corrected chi connectivity index (χ1v) is 10.5. The molecule has 6 nitrogen and oxygen atoms in total. The van der Waals surface area contributed by atoms with Crippen LogP contribution >= 0.6 is 0 Å². The third-order valence-corrected chi connectivity index (χ3v) is 5.61. The van der Waals surface area contributed by atoms with Crippen LogP contribution in [0.5, 0.6) is 0 Å². The Morgan fingerprint density at radius 1 is 0.969 bits per heavy atom. The van der Waals surface area contributed by atoms with Gasteiger partial charge in [-0.05, 0) is 61.7 Å². The highest BCUT2D eigenvalue weighted by Gasteiger charge is 2.20. The van der Waals surface area contributed by atoms with Crippen LogP contribution < -0.4 is 0 Å². The molecule has 1 aromatic heterocycles. The van der Waals surface area contributed by atoms with Gasteiger partial charge in [0.2, 0.25) is 0 Å². The van der Waals surface area contributed by atoms with E-state index in [2.05, 4.69) is 4.98 Å². The fourth-order valence-corrected chi connectivity index (χ4v) is 3.98. The molecule has 3 aromatic carbocycles. The van der Waals surface area contributed by atoms with Gasteiger partial charge in [-0.15, -0.1) is 0 Å². The Morgan fingerprint density at radius 3 is 2.41 bits per heavy atom. The number of imidazole rings is 1. The predicted molar refractivity (Wildman–Crippen MR) is 124 cm³/mol. The summed E-state index contributed by atoms with van der Waals surface area (Å²) in [6, 6.07) is 23.2. The number of nitrogens with zero attached hydrogens (tertiary/aromatic N) is 3. The van der Waals surface area contributed by atoms with E-state index in [1.54, 1.807) is 12.1 Å². The zero-order chi connectivity index (χ0) is 22.7. The van der Waals surface area contributed by atoms with Gasteiger partial charge in [-0.1, -0.05) is 42.5 Å². The molecule has 0 unspecified atom stereocenters. The second kappa shape index (κ2) is 9.06. The van der Waals surface area contributed by atoms with Crippen molar-refractivity contribution in [3.05, 3.63) is 95.3 Å². The largest absolute Gasteiger partial charge is 0.480 e. The normalized spacial score (nSPS) is 10.9. The van der Waals surface area contributed by atoms with Crippen LogP contribution in [-0.2, 0) is 11.2 Å². The quantitative estimate of drug-likeness (QED) is 0.474. The van der Waals surface area contributed by atoms with Crippen LogP contribution in [0.4, 0.5) is 0 Å². The van der Waals surface area contributed by atoms with Gasteiger partial charge in [-0.25, -0.2) is 4.98 Å². The number of rotatable bonds is 7. The molecule has 4 rings (SSSR count). The van der Waals surface area contributed by atoms with Gasteiger partial charge in [0.05, 0.1) is 11.0 Å². The van der Waals surface area contributed by atoms with Gasteiger partial charge in [0.15, 0.2) is 0 Å². The number of carboxylic acid groups (broad SMARTS) is 1. The highest BCUT2D eigenvalue weighted by Crippen LogP contribution is 2.23. The van der Waals surface area contributed by atoms with Gasteiger partial charge >= 0.3 is 5.97 Å². The minimum atomic E-state index is -1.03. The summed E-state index contributed by atoms with van der Waals surface area (Å²) in [4.78, 5) is 30.7. The number of hydrogen-bond acceptors (Lipinski definition) is 3. The summed E-state index contributed by atoms with van der Waals surface area (Å²) in [5.41, 5.74) is 5.25. The monoisotopic (exact) mass is 427 g/mol. The van der Waals surface area contributed by atoms with E-state index in [-0.39, 0.29) is 12.5 Å². The molecule has 6 heteroatoms. The first-order chi connectivity index (χ1) is 15.4. The van der Waals surface area contributed by atoms with E-state index in [1.807, 2.05) is 79.1 Å². The van der Waals surface area contributed by atoms with Crippen molar-refractivity contribution < 1.29 is 14.7 Å². The number of hydrogen-bond donors (Lipinski definition) is 1. The molecule has 1 heterocycles. The Kier molecular flexibility index (Phi) is 6.03. The number of aryl methyl sites for hydroxylation is 2. The van der Waals surface area contributed by atoms with Gasteiger partial charge in [-0.2, -0.15) is 0 Å². The lowest BCUT2D eigenvalue weighted by molar-refractivity contribution is -0.137. The lowest BCUT2D eigenvalue weighted by atomic mass is 10.1. The maximum atomic E-state index is 13.2. The number of fused-ring (bicyclic) bond motifs is 1. The Labute approximate surface area is 186 Å². The van der Waals surface area contributed by atoms with E-state index in [9.17, 15) is 14.7 Å². The molecule has 32 heavy (non-hydrogen) atoms. The Morgan fingerprint density at radius 2 is 1.69 bits per heavy atom. The SMILES string of the molecule is Cc1ccccc1CCN(CC(=O)O)C(=O)c1ccc2c(c1)nc(C)n2-c1ccccc1. The molecule has 0 atom stereocenters. The molecule has 0 aliphatic rings. The van der Waals surface area contributed by atoms with E-state index in [0.717, 1.165) is 28.2 Å². The van der Waals surface area contributed by atoms with Gasteiger partial charge in [0.25, 0.3) is 5.91 Å². The van der Waals surface area contributed by atoms with E-state index in [0.29, 0.717) is 24.0 Å². The van der Waals surface area contributed by atoms with Crippen LogP contribution in [0.15, 0.2) is 72.8 Å². The second-order valence-corrected chi connectivity index (χ2v) is 7.83. The maximum Gasteiger partial charge on any atom is 0.323 e. The smallest absolute Gasteiger partial charge is 0.323 e. The zero-order valence-electron chi connectivity index (χ0n) is 18.2. The Hall–Kier alpha value is -3.93. The highest BCUT2D eigenvalue weighted by atomic mass is 16.4. The summed E-state index contributed by atoms with van der Waals surface area (Å²) < 4.78 is 2.04. The van der Waals surface area contributed by atoms with Gasteiger partial charge in [0.1, 0.15) is 12.4 Å². The third-order valence-electron chi connectivity index (χ3n) is 5.61.